The molecule has 1 fully saturated rings. The maximum Gasteiger partial charge on any atom is 0.229 e. The molecule has 0 bridgehead atoms. The normalized spacial score (nSPS) is 18.9. The summed E-state index contributed by atoms with van der Waals surface area (Å²) in [6.07, 6.45) is 2.13. The maximum atomic E-state index is 12.2. The molecule has 1 aromatic heterocycles. The third-order valence-corrected chi connectivity index (χ3v) is 4.33. The van der Waals surface area contributed by atoms with Gasteiger partial charge in [0.25, 0.3) is 0 Å². The van der Waals surface area contributed by atoms with Crippen molar-refractivity contribution in [1.29, 1.82) is 5.26 Å². The van der Waals surface area contributed by atoms with Gasteiger partial charge in [-0.1, -0.05) is 11.8 Å². The van der Waals surface area contributed by atoms with Gasteiger partial charge in [0, 0.05) is 36.9 Å². The second kappa shape index (κ2) is 5.57. The fraction of sp³-hybridized carbons (Fsp3) is 0.533. The molecular formula is C15H19N3O2S. The van der Waals surface area contributed by atoms with Crippen molar-refractivity contribution in [2.24, 2.45) is 0 Å². The van der Waals surface area contributed by atoms with E-state index in [-0.39, 0.29) is 21.8 Å². The number of nitrogens with zero attached hydrogens (tertiary/aromatic N) is 3. The molecule has 0 spiro atoms. The highest BCUT2D eigenvalue weighted by Crippen LogP contribution is 2.33. The number of nitriles is 1. The molecule has 5 nitrogen and oxygen atoms in total. The lowest BCUT2D eigenvalue weighted by molar-refractivity contribution is -0.117. The molecule has 1 unspecified atom stereocenters. The van der Waals surface area contributed by atoms with Crippen molar-refractivity contribution in [3.63, 3.8) is 0 Å². The first-order valence-corrected chi connectivity index (χ1v) is 7.71. The number of aromatic nitrogens is 1. The summed E-state index contributed by atoms with van der Waals surface area (Å²) >= 11 is 1.21. The predicted octanol–water partition coefficient (Wildman–Crippen LogP) is 2.50. The first-order valence-electron chi connectivity index (χ1n) is 6.83. The van der Waals surface area contributed by atoms with Gasteiger partial charge >= 0.3 is 0 Å². The minimum Gasteiger partial charge on any atom is -0.328 e. The van der Waals surface area contributed by atoms with Gasteiger partial charge in [-0.25, -0.2) is 0 Å². The van der Waals surface area contributed by atoms with Gasteiger partial charge in [0.1, 0.15) is 11.9 Å². The largest absolute Gasteiger partial charge is 0.328 e. The first-order chi connectivity index (χ1) is 9.72. The molecule has 112 valence electrons. The number of hydrogen-bond donors (Lipinski definition) is 0. The molecule has 1 atom stereocenters. The van der Waals surface area contributed by atoms with Crippen molar-refractivity contribution in [2.75, 3.05) is 11.4 Å². The fourth-order valence-corrected chi connectivity index (χ4v) is 3.39. The molecule has 1 aromatic rings. The number of thioether (sulfide) groups is 1. The summed E-state index contributed by atoms with van der Waals surface area (Å²) in [5.74, 6) is 0.734. The molecule has 0 radical (unpaired) electrons. The molecule has 1 amide bonds. The Bertz CT molecular complexity index is 622. The van der Waals surface area contributed by atoms with Crippen LogP contribution in [0.5, 0.6) is 0 Å². The summed E-state index contributed by atoms with van der Waals surface area (Å²) in [5, 5.41) is 9.12. The number of hydrogen-bond acceptors (Lipinski definition) is 4. The van der Waals surface area contributed by atoms with Gasteiger partial charge in [-0.3, -0.25) is 14.5 Å². The highest BCUT2D eigenvalue weighted by molar-refractivity contribution is 8.14. The van der Waals surface area contributed by atoms with Gasteiger partial charge in [0.05, 0.1) is 5.56 Å². The zero-order valence-electron chi connectivity index (χ0n) is 12.7. The summed E-state index contributed by atoms with van der Waals surface area (Å²) in [4.78, 5) is 25.1. The highest BCUT2D eigenvalue weighted by atomic mass is 32.2. The number of anilines is 1. The number of rotatable bonds is 2. The summed E-state index contributed by atoms with van der Waals surface area (Å²) in [5.41, 5.74) is 0.312. The van der Waals surface area contributed by atoms with E-state index in [0.717, 1.165) is 5.82 Å². The monoisotopic (exact) mass is 305 g/mol. The Morgan fingerprint density at radius 3 is 2.67 bits per heavy atom. The minimum atomic E-state index is -0.226. The lowest BCUT2D eigenvalue weighted by Crippen LogP contribution is -2.31. The van der Waals surface area contributed by atoms with E-state index in [1.165, 1.54) is 18.7 Å². The third kappa shape index (κ3) is 3.30. The van der Waals surface area contributed by atoms with E-state index in [9.17, 15) is 9.59 Å². The SMILES string of the molecule is CC(=O)SC1CC(=O)N(c2cc(C#N)cn2C(C)(C)C)C1. The zero-order chi connectivity index (χ0) is 15.8. The van der Waals surface area contributed by atoms with Gasteiger partial charge in [-0.05, 0) is 26.8 Å². The minimum absolute atomic E-state index is 0.00170. The van der Waals surface area contributed by atoms with Crippen molar-refractivity contribution in [1.82, 2.24) is 4.57 Å². The van der Waals surface area contributed by atoms with E-state index in [1.54, 1.807) is 17.2 Å². The number of carbonyl (C=O) groups excluding carboxylic acids is 2. The molecule has 0 saturated carbocycles. The zero-order valence-corrected chi connectivity index (χ0v) is 13.5. The van der Waals surface area contributed by atoms with E-state index in [4.69, 9.17) is 5.26 Å². The molecule has 1 saturated heterocycles. The van der Waals surface area contributed by atoms with E-state index >= 15 is 0 Å². The summed E-state index contributed by atoms with van der Waals surface area (Å²) in [6.45, 7) is 8.11. The van der Waals surface area contributed by atoms with Gasteiger partial charge in [-0.15, -0.1) is 0 Å². The Morgan fingerprint density at radius 2 is 2.14 bits per heavy atom. The Labute approximate surface area is 128 Å². The Kier molecular flexibility index (Phi) is 4.15. The molecular weight excluding hydrogens is 286 g/mol. The van der Waals surface area contributed by atoms with Crippen molar-refractivity contribution in [2.45, 2.75) is 44.9 Å². The van der Waals surface area contributed by atoms with Crippen LogP contribution in [-0.4, -0.2) is 27.4 Å². The number of amides is 1. The molecule has 1 aliphatic heterocycles. The molecule has 1 aliphatic rings. The average molecular weight is 305 g/mol. The molecule has 21 heavy (non-hydrogen) atoms. The van der Waals surface area contributed by atoms with Crippen LogP contribution in [0.1, 0.15) is 39.7 Å². The third-order valence-electron chi connectivity index (χ3n) is 3.35. The molecule has 6 heteroatoms. The van der Waals surface area contributed by atoms with E-state index < -0.39 is 0 Å². The lowest BCUT2D eigenvalue weighted by atomic mass is 10.1. The second-order valence-corrected chi connectivity index (χ2v) is 7.66. The lowest BCUT2D eigenvalue weighted by Gasteiger charge is -2.28. The summed E-state index contributed by atoms with van der Waals surface area (Å²) in [6, 6.07) is 3.86. The Hall–Kier alpha value is -1.74. The molecule has 2 rings (SSSR count). The van der Waals surface area contributed by atoms with Crippen LogP contribution in [0.2, 0.25) is 0 Å². The standard InChI is InChI=1S/C15H19N3O2S/c1-10(19)21-12-6-14(20)17(9-12)13-5-11(7-16)8-18(13)15(2,3)4/h5,8,12H,6,9H2,1-4H3. The smallest absolute Gasteiger partial charge is 0.229 e. The molecule has 0 N–H and O–H groups in total. The van der Waals surface area contributed by atoms with Crippen molar-refractivity contribution in [3.8, 4) is 6.07 Å². The Morgan fingerprint density at radius 1 is 1.48 bits per heavy atom. The van der Waals surface area contributed by atoms with Crippen molar-refractivity contribution in [3.05, 3.63) is 17.8 Å². The average Bonchev–Trinajstić information content (AvgIpc) is 2.91. The fourth-order valence-electron chi connectivity index (χ4n) is 2.47. The van der Waals surface area contributed by atoms with Gasteiger partial charge < -0.3 is 4.57 Å². The second-order valence-electron chi connectivity index (χ2n) is 6.18. The number of carbonyl (C=O) groups is 2. The van der Waals surface area contributed by atoms with Crippen LogP contribution in [0, 0.1) is 11.3 Å². The Balaban J connectivity index is 2.34. The predicted molar refractivity (Wildman–Crippen MR) is 83.2 cm³/mol. The van der Waals surface area contributed by atoms with Crippen LogP contribution in [0.25, 0.3) is 0 Å². The van der Waals surface area contributed by atoms with Gasteiger partial charge in [0.2, 0.25) is 5.91 Å². The van der Waals surface area contributed by atoms with Crippen molar-refractivity contribution >= 4 is 28.6 Å². The van der Waals surface area contributed by atoms with Gasteiger partial charge in [-0.2, -0.15) is 5.26 Å². The summed E-state index contributed by atoms with van der Waals surface area (Å²) in [7, 11) is 0. The van der Waals surface area contributed by atoms with Crippen LogP contribution < -0.4 is 4.90 Å². The van der Waals surface area contributed by atoms with E-state index in [2.05, 4.69) is 6.07 Å². The summed E-state index contributed by atoms with van der Waals surface area (Å²) < 4.78 is 1.95. The maximum absolute atomic E-state index is 12.2. The van der Waals surface area contributed by atoms with Crippen LogP contribution in [0.3, 0.4) is 0 Å². The quantitative estimate of drug-likeness (QED) is 0.842. The van der Waals surface area contributed by atoms with Crippen LogP contribution in [0.15, 0.2) is 12.3 Å². The van der Waals surface area contributed by atoms with E-state index in [0.29, 0.717) is 18.5 Å². The first kappa shape index (κ1) is 15.6. The van der Waals surface area contributed by atoms with Gasteiger partial charge in [0.15, 0.2) is 5.12 Å². The van der Waals surface area contributed by atoms with Crippen LogP contribution in [-0.2, 0) is 15.1 Å². The van der Waals surface area contributed by atoms with E-state index in [1.807, 2.05) is 25.3 Å². The highest BCUT2D eigenvalue weighted by Gasteiger charge is 2.34. The topological polar surface area (TPSA) is 66.1 Å². The van der Waals surface area contributed by atoms with Crippen LogP contribution in [0.4, 0.5) is 5.82 Å². The van der Waals surface area contributed by atoms with Crippen LogP contribution >= 0.6 is 11.8 Å². The molecule has 0 aromatic carbocycles. The molecule has 2 heterocycles. The molecule has 0 aliphatic carbocycles. The van der Waals surface area contributed by atoms with Crippen molar-refractivity contribution < 1.29 is 9.59 Å².